The number of methoxy groups -OCH3 is 2. The second-order valence-electron chi connectivity index (χ2n) is 2.48. The maximum absolute atomic E-state index is 11.5. The summed E-state index contributed by atoms with van der Waals surface area (Å²) in [5.74, 6) is 0. The Morgan fingerprint density at radius 3 is 1.64 bits per heavy atom. The van der Waals surface area contributed by atoms with E-state index in [9.17, 15) is 4.79 Å². The number of rotatable bonds is 6. The van der Waals surface area contributed by atoms with E-state index in [1.54, 1.807) is 0 Å². The predicted octanol–water partition coefficient (Wildman–Crippen LogP) is -1.18. The lowest BCUT2D eigenvalue weighted by atomic mass is 10.7. The molecular formula is C7H16N2O5. The van der Waals surface area contributed by atoms with Crippen LogP contribution < -0.4 is 0 Å². The molecule has 84 valence electrons. The molecule has 7 nitrogen and oxygen atoms in total. The molecule has 2 amide bonds. The zero-order chi connectivity index (χ0) is 11.0. The summed E-state index contributed by atoms with van der Waals surface area (Å²) in [5, 5.41) is 17.6. The molecule has 0 aliphatic rings. The normalized spacial score (nSPS) is 10.0. The lowest BCUT2D eigenvalue weighted by molar-refractivity contribution is -0.0175. The number of amides is 2. The molecule has 0 aromatic rings. The Balaban J connectivity index is 4.21. The number of hydrogen-bond donors (Lipinski definition) is 2. The van der Waals surface area contributed by atoms with Crippen molar-refractivity contribution >= 4 is 6.03 Å². The molecule has 0 aliphatic heterocycles. The lowest BCUT2D eigenvalue weighted by Crippen LogP contribution is -2.45. The van der Waals surface area contributed by atoms with Crippen LogP contribution in [-0.4, -0.2) is 67.2 Å². The second kappa shape index (κ2) is 7.51. The average molecular weight is 208 g/mol. The van der Waals surface area contributed by atoms with Crippen LogP contribution in [0.2, 0.25) is 0 Å². The van der Waals surface area contributed by atoms with Crippen molar-refractivity contribution in [3.8, 4) is 0 Å². The molecule has 0 saturated heterocycles. The van der Waals surface area contributed by atoms with Gasteiger partial charge in [-0.25, -0.2) is 4.79 Å². The van der Waals surface area contributed by atoms with Crippen LogP contribution in [0.4, 0.5) is 4.79 Å². The molecule has 14 heavy (non-hydrogen) atoms. The molecule has 0 saturated carbocycles. The maximum atomic E-state index is 11.5. The van der Waals surface area contributed by atoms with Crippen molar-refractivity contribution in [2.45, 2.75) is 0 Å². The monoisotopic (exact) mass is 208 g/mol. The largest absolute Gasteiger partial charge is 0.376 e. The summed E-state index contributed by atoms with van der Waals surface area (Å²) in [6, 6.07) is -0.557. The first kappa shape index (κ1) is 13.1. The van der Waals surface area contributed by atoms with Crippen LogP contribution in [0.1, 0.15) is 0 Å². The summed E-state index contributed by atoms with van der Waals surface area (Å²) in [4.78, 5) is 13.5. The molecule has 7 heteroatoms. The topological polar surface area (TPSA) is 82.5 Å². The van der Waals surface area contributed by atoms with Gasteiger partial charge in [-0.2, -0.15) is 0 Å². The van der Waals surface area contributed by atoms with Gasteiger partial charge in [0.05, 0.1) is 0 Å². The number of nitrogens with zero attached hydrogens (tertiary/aromatic N) is 2. The van der Waals surface area contributed by atoms with E-state index in [0.717, 1.165) is 9.80 Å². The molecule has 0 aromatic carbocycles. The van der Waals surface area contributed by atoms with E-state index in [4.69, 9.17) is 10.2 Å². The Kier molecular flexibility index (Phi) is 7.03. The number of urea groups is 1. The first-order valence-corrected chi connectivity index (χ1v) is 3.94. The Morgan fingerprint density at radius 1 is 1.07 bits per heavy atom. The van der Waals surface area contributed by atoms with E-state index < -0.39 is 19.5 Å². The fourth-order valence-corrected chi connectivity index (χ4v) is 0.825. The van der Waals surface area contributed by atoms with E-state index in [-0.39, 0.29) is 13.5 Å². The van der Waals surface area contributed by atoms with E-state index in [0.29, 0.717) is 0 Å². The molecule has 0 aromatic heterocycles. The molecule has 2 N–H and O–H groups in total. The van der Waals surface area contributed by atoms with Gasteiger partial charge >= 0.3 is 6.03 Å². The van der Waals surface area contributed by atoms with Gasteiger partial charge in [0.15, 0.2) is 0 Å². The number of carbonyl (C=O) groups excluding carboxylic acids is 1. The van der Waals surface area contributed by atoms with E-state index >= 15 is 0 Å². The van der Waals surface area contributed by atoms with Gasteiger partial charge in [-0.15, -0.1) is 0 Å². The quantitative estimate of drug-likeness (QED) is 0.537. The summed E-state index contributed by atoms with van der Waals surface area (Å²) in [6.07, 6.45) is 0. The van der Waals surface area contributed by atoms with Gasteiger partial charge in [0.25, 0.3) is 0 Å². The van der Waals surface area contributed by atoms with Crippen LogP contribution in [0.25, 0.3) is 0 Å². The van der Waals surface area contributed by atoms with E-state index in [2.05, 4.69) is 9.47 Å². The third kappa shape index (κ3) is 3.88. The zero-order valence-corrected chi connectivity index (χ0v) is 8.34. The summed E-state index contributed by atoms with van der Waals surface area (Å²) in [7, 11) is 2.80. The van der Waals surface area contributed by atoms with Gasteiger partial charge in [-0.1, -0.05) is 0 Å². The van der Waals surface area contributed by atoms with E-state index in [1.165, 1.54) is 14.2 Å². The molecule has 0 fully saturated rings. The highest BCUT2D eigenvalue weighted by atomic mass is 16.5. The molecule has 0 atom stereocenters. The molecule has 0 aliphatic carbocycles. The Bertz CT molecular complexity index is 150. The molecular weight excluding hydrogens is 192 g/mol. The molecule has 0 rings (SSSR count). The molecule has 0 heterocycles. The first-order chi connectivity index (χ1) is 6.71. The highest BCUT2D eigenvalue weighted by Crippen LogP contribution is 1.97. The second-order valence-corrected chi connectivity index (χ2v) is 2.48. The first-order valence-electron chi connectivity index (χ1n) is 3.94. The minimum atomic E-state index is -0.557. The number of ether oxygens (including phenoxy) is 2. The van der Waals surface area contributed by atoms with E-state index in [1.807, 2.05) is 0 Å². The highest BCUT2D eigenvalue weighted by Gasteiger charge is 2.18. The van der Waals surface area contributed by atoms with Gasteiger partial charge in [-0.05, 0) is 0 Å². The number of hydrogen-bond acceptors (Lipinski definition) is 5. The number of aliphatic hydroxyl groups is 2. The van der Waals surface area contributed by atoms with Crippen molar-refractivity contribution in [3.05, 3.63) is 0 Å². The van der Waals surface area contributed by atoms with Crippen LogP contribution in [0, 0.1) is 0 Å². The smallest absolute Gasteiger partial charge is 0.327 e. The van der Waals surface area contributed by atoms with Crippen LogP contribution in [0.3, 0.4) is 0 Å². The number of carbonyl (C=O) groups is 1. The van der Waals surface area contributed by atoms with Crippen LogP contribution in [-0.2, 0) is 9.47 Å². The van der Waals surface area contributed by atoms with Crippen molar-refractivity contribution in [2.75, 3.05) is 41.1 Å². The molecule has 0 spiro atoms. The van der Waals surface area contributed by atoms with Crippen LogP contribution in [0.5, 0.6) is 0 Å². The average Bonchev–Trinajstić information content (AvgIpc) is 2.21. The SMILES string of the molecule is COCN(CO)C(=O)N(CO)COC. The summed E-state index contributed by atoms with van der Waals surface area (Å²) >= 11 is 0. The molecule has 0 unspecified atom stereocenters. The van der Waals surface area contributed by atoms with Crippen LogP contribution in [0.15, 0.2) is 0 Å². The maximum Gasteiger partial charge on any atom is 0.327 e. The standard InChI is InChI=1S/C7H16N2O5/c1-13-5-8(3-10)7(12)9(4-11)6-14-2/h10-11H,3-6H2,1-2H3. The van der Waals surface area contributed by atoms with Crippen molar-refractivity contribution in [2.24, 2.45) is 0 Å². The minimum absolute atomic E-state index is 0.0461. The van der Waals surface area contributed by atoms with Crippen LogP contribution >= 0.6 is 0 Å². The summed E-state index contributed by atoms with van der Waals surface area (Å²) in [5.41, 5.74) is 0. The highest BCUT2D eigenvalue weighted by molar-refractivity contribution is 5.73. The number of aliphatic hydroxyl groups excluding tert-OH is 2. The lowest BCUT2D eigenvalue weighted by Gasteiger charge is -2.26. The third-order valence-electron chi connectivity index (χ3n) is 1.45. The zero-order valence-electron chi connectivity index (χ0n) is 8.34. The van der Waals surface area contributed by atoms with Gasteiger partial charge in [0.2, 0.25) is 0 Å². The third-order valence-corrected chi connectivity index (χ3v) is 1.45. The van der Waals surface area contributed by atoms with Crippen molar-refractivity contribution in [1.82, 2.24) is 9.80 Å². The fraction of sp³-hybridized carbons (Fsp3) is 0.857. The van der Waals surface area contributed by atoms with Gasteiger partial charge in [0.1, 0.15) is 26.9 Å². The van der Waals surface area contributed by atoms with Gasteiger partial charge in [-0.3, -0.25) is 9.80 Å². The molecule has 0 bridgehead atoms. The van der Waals surface area contributed by atoms with Gasteiger partial charge < -0.3 is 19.7 Å². The fourth-order valence-electron chi connectivity index (χ4n) is 0.825. The Morgan fingerprint density at radius 2 is 1.43 bits per heavy atom. The summed E-state index contributed by atoms with van der Waals surface area (Å²) < 4.78 is 9.37. The minimum Gasteiger partial charge on any atom is -0.376 e. The van der Waals surface area contributed by atoms with Gasteiger partial charge in [0, 0.05) is 14.2 Å². The summed E-state index contributed by atoms with van der Waals surface area (Å²) in [6.45, 7) is -1.05. The van der Waals surface area contributed by atoms with Crippen molar-refractivity contribution in [3.63, 3.8) is 0 Å². The van der Waals surface area contributed by atoms with Crippen molar-refractivity contribution < 1.29 is 24.5 Å². The predicted molar refractivity (Wildman–Crippen MR) is 47.0 cm³/mol. The Hall–Kier alpha value is -0.890. The molecule has 0 radical (unpaired) electrons. The Labute approximate surface area is 82.4 Å². The van der Waals surface area contributed by atoms with Crippen molar-refractivity contribution in [1.29, 1.82) is 0 Å².